The molecule has 5 heteroatoms. The number of nitrogens with one attached hydrogen (secondary N) is 1. The Morgan fingerprint density at radius 3 is 2.69 bits per heavy atom. The number of esters is 1. The van der Waals surface area contributed by atoms with E-state index in [2.05, 4.69) is 15.0 Å². The molecule has 1 aromatic rings. The van der Waals surface area contributed by atoms with Crippen molar-refractivity contribution in [3.05, 3.63) is 23.9 Å². The molecule has 0 radical (unpaired) electrons. The molecule has 0 atom stereocenters. The smallest absolute Gasteiger partial charge is 0.339 e. The maximum Gasteiger partial charge on any atom is 0.339 e. The van der Waals surface area contributed by atoms with Gasteiger partial charge in [0, 0.05) is 12.6 Å². The molecule has 0 fully saturated rings. The monoisotopic (exact) mass is 222 g/mol. The van der Waals surface area contributed by atoms with Gasteiger partial charge < -0.3 is 10.1 Å². The summed E-state index contributed by atoms with van der Waals surface area (Å²) in [5, 5.41) is 2.62. The van der Waals surface area contributed by atoms with Gasteiger partial charge in [0.05, 0.1) is 12.7 Å². The second-order valence-corrected chi connectivity index (χ2v) is 3.22. The highest BCUT2D eigenvalue weighted by Crippen LogP contribution is 2.06. The van der Waals surface area contributed by atoms with Gasteiger partial charge >= 0.3 is 5.97 Å². The van der Waals surface area contributed by atoms with Crippen molar-refractivity contribution in [2.24, 2.45) is 0 Å². The average molecular weight is 222 g/mol. The molecule has 16 heavy (non-hydrogen) atoms. The van der Waals surface area contributed by atoms with Gasteiger partial charge in [-0.25, -0.2) is 9.78 Å². The molecule has 0 bridgehead atoms. The van der Waals surface area contributed by atoms with E-state index in [1.54, 1.807) is 12.1 Å². The van der Waals surface area contributed by atoms with Crippen LogP contribution in [0.1, 0.15) is 30.1 Å². The van der Waals surface area contributed by atoms with Crippen LogP contribution >= 0.6 is 0 Å². The lowest BCUT2D eigenvalue weighted by molar-refractivity contribution is -0.116. The highest BCUT2D eigenvalue weighted by atomic mass is 16.5. The summed E-state index contributed by atoms with van der Waals surface area (Å²) in [5.74, 6) is -0.0918. The average Bonchev–Trinajstić information content (AvgIpc) is 2.29. The van der Waals surface area contributed by atoms with E-state index in [-0.39, 0.29) is 5.91 Å². The molecular weight excluding hydrogens is 208 g/mol. The Bertz CT molecular complexity index is 373. The van der Waals surface area contributed by atoms with Gasteiger partial charge in [0.25, 0.3) is 0 Å². The number of methoxy groups -OCH3 is 1. The first kappa shape index (κ1) is 12.2. The fourth-order valence-corrected chi connectivity index (χ4v) is 1.14. The molecule has 1 heterocycles. The zero-order chi connectivity index (χ0) is 12.0. The molecule has 0 aliphatic carbocycles. The highest BCUT2D eigenvalue weighted by Gasteiger charge is 2.06. The lowest BCUT2D eigenvalue weighted by Crippen LogP contribution is -2.12. The van der Waals surface area contributed by atoms with Gasteiger partial charge in [-0.1, -0.05) is 6.92 Å². The molecule has 86 valence electrons. The summed E-state index contributed by atoms with van der Waals surface area (Å²) in [6.07, 6.45) is 2.61. The minimum Gasteiger partial charge on any atom is -0.465 e. The fraction of sp³-hybridized carbons (Fsp3) is 0.364. The number of anilines is 1. The lowest BCUT2D eigenvalue weighted by atomic mass is 10.3. The number of rotatable bonds is 4. The van der Waals surface area contributed by atoms with Crippen LogP contribution in [0.4, 0.5) is 5.82 Å². The molecule has 5 nitrogen and oxygen atoms in total. The van der Waals surface area contributed by atoms with Gasteiger partial charge in [-0.3, -0.25) is 4.79 Å². The minimum absolute atomic E-state index is 0.0826. The Morgan fingerprint density at radius 1 is 1.44 bits per heavy atom. The van der Waals surface area contributed by atoms with Crippen LogP contribution in [-0.4, -0.2) is 24.0 Å². The Balaban J connectivity index is 2.64. The summed E-state index contributed by atoms with van der Waals surface area (Å²) in [4.78, 5) is 26.3. The number of aromatic nitrogens is 1. The number of pyridine rings is 1. The van der Waals surface area contributed by atoms with Crippen LogP contribution in [0.25, 0.3) is 0 Å². The van der Waals surface area contributed by atoms with Crippen LogP contribution in [0.5, 0.6) is 0 Å². The Hall–Kier alpha value is -1.91. The molecule has 0 aliphatic heterocycles. The van der Waals surface area contributed by atoms with Gasteiger partial charge in [-0.2, -0.15) is 0 Å². The van der Waals surface area contributed by atoms with E-state index in [1.807, 2.05) is 6.92 Å². The third kappa shape index (κ3) is 3.34. The van der Waals surface area contributed by atoms with Gasteiger partial charge in [0.1, 0.15) is 5.82 Å². The largest absolute Gasteiger partial charge is 0.465 e. The second kappa shape index (κ2) is 5.85. The number of hydrogen-bond acceptors (Lipinski definition) is 4. The summed E-state index contributed by atoms with van der Waals surface area (Å²) in [7, 11) is 1.30. The summed E-state index contributed by atoms with van der Waals surface area (Å²) in [5.41, 5.74) is 0.357. The quantitative estimate of drug-likeness (QED) is 0.786. The number of ether oxygens (including phenoxy) is 1. The third-order valence-corrected chi connectivity index (χ3v) is 1.93. The molecule has 1 N–H and O–H groups in total. The minimum atomic E-state index is -0.445. The van der Waals surface area contributed by atoms with Crippen LogP contribution in [0, 0.1) is 0 Å². The molecule has 0 spiro atoms. The molecule has 0 unspecified atom stereocenters. The fourth-order valence-electron chi connectivity index (χ4n) is 1.14. The van der Waals surface area contributed by atoms with E-state index in [0.29, 0.717) is 17.8 Å². The summed E-state index contributed by atoms with van der Waals surface area (Å²) in [6.45, 7) is 1.92. The van der Waals surface area contributed by atoms with Crippen LogP contribution in [0.2, 0.25) is 0 Å². The molecule has 0 aliphatic rings. The second-order valence-electron chi connectivity index (χ2n) is 3.22. The first-order chi connectivity index (χ1) is 7.67. The van der Waals surface area contributed by atoms with E-state index < -0.39 is 5.97 Å². The predicted molar refractivity (Wildman–Crippen MR) is 59.1 cm³/mol. The van der Waals surface area contributed by atoms with E-state index in [4.69, 9.17) is 0 Å². The van der Waals surface area contributed by atoms with Crippen molar-refractivity contribution in [2.45, 2.75) is 19.8 Å². The van der Waals surface area contributed by atoms with Gasteiger partial charge in [0.15, 0.2) is 0 Å². The van der Waals surface area contributed by atoms with Crippen LogP contribution in [-0.2, 0) is 9.53 Å². The molecule has 0 aromatic carbocycles. The number of amides is 1. The van der Waals surface area contributed by atoms with Crippen LogP contribution in [0.3, 0.4) is 0 Å². The van der Waals surface area contributed by atoms with Crippen molar-refractivity contribution in [3.63, 3.8) is 0 Å². The molecule has 1 rings (SSSR count). The van der Waals surface area contributed by atoms with Gasteiger partial charge in [0.2, 0.25) is 5.91 Å². The number of hydrogen-bond donors (Lipinski definition) is 1. The summed E-state index contributed by atoms with van der Waals surface area (Å²) < 4.78 is 4.53. The van der Waals surface area contributed by atoms with Crippen LogP contribution in [0.15, 0.2) is 18.3 Å². The normalized spacial score (nSPS) is 9.62. The maximum atomic E-state index is 11.2. The summed E-state index contributed by atoms with van der Waals surface area (Å²) in [6, 6.07) is 3.13. The van der Waals surface area contributed by atoms with E-state index in [1.165, 1.54) is 13.3 Å². The van der Waals surface area contributed by atoms with Crippen molar-refractivity contribution in [3.8, 4) is 0 Å². The van der Waals surface area contributed by atoms with Crippen molar-refractivity contribution in [1.29, 1.82) is 0 Å². The van der Waals surface area contributed by atoms with Gasteiger partial charge in [-0.05, 0) is 18.6 Å². The predicted octanol–water partition coefficient (Wildman–Crippen LogP) is 1.61. The van der Waals surface area contributed by atoms with Crippen molar-refractivity contribution in [1.82, 2.24) is 4.98 Å². The number of carbonyl (C=O) groups excluding carboxylic acids is 2. The SMILES string of the molecule is CCCC(=O)Nc1ccc(C(=O)OC)cn1. The molecule has 0 saturated heterocycles. The topological polar surface area (TPSA) is 68.3 Å². The Labute approximate surface area is 93.8 Å². The number of carbonyl (C=O) groups is 2. The Kier molecular flexibility index (Phi) is 4.44. The summed E-state index contributed by atoms with van der Waals surface area (Å²) >= 11 is 0. The lowest BCUT2D eigenvalue weighted by Gasteiger charge is -2.03. The van der Waals surface area contributed by atoms with Crippen LogP contribution < -0.4 is 5.32 Å². The third-order valence-electron chi connectivity index (χ3n) is 1.93. The van der Waals surface area contributed by atoms with Crippen molar-refractivity contribution in [2.75, 3.05) is 12.4 Å². The zero-order valence-electron chi connectivity index (χ0n) is 9.32. The highest BCUT2D eigenvalue weighted by molar-refractivity contribution is 5.91. The molecule has 0 saturated carbocycles. The van der Waals surface area contributed by atoms with E-state index >= 15 is 0 Å². The maximum absolute atomic E-state index is 11.2. The molecule has 1 amide bonds. The molecular formula is C11H14N2O3. The first-order valence-electron chi connectivity index (χ1n) is 5.01. The van der Waals surface area contributed by atoms with Gasteiger partial charge in [-0.15, -0.1) is 0 Å². The zero-order valence-corrected chi connectivity index (χ0v) is 9.32. The Morgan fingerprint density at radius 2 is 2.19 bits per heavy atom. The standard InChI is InChI=1S/C11H14N2O3/c1-3-4-10(14)13-9-6-5-8(7-12-9)11(15)16-2/h5-7H,3-4H2,1-2H3,(H,12,13,14). The number of nitrogens with zero attached hydrogens (tertiary/aromatic N) is 1. The molecule has 1 aromatic heterocycles. The first-order valence-corrected chi connectivity index (χ1v) is 5.01. The van der Waals surface area contributed by atoms with Crippen molar-refractivity contribution < 1.29 is 14.3 Å². The van der Waals surface area contributed by atoms with E-state index in [9.17, 15) is 9.59 Å². The van der Waals surface area contributed by atoms with Crippen molar-refractivity contribution >= 4 is 17.7 Å². The van der Waals surface area contributed by atoms with E-state index in [0.717, 1.165) is 6.42 Å².